The largest absolute Gasteiger partial charge is 0.462 e. The van der Waals surface area contributed by atoms with Crippen molar-refractivity contribution in [1.29, 1.82) is 0 Å². The van der Waals surface area contributed by atoms with E-state index in [-0.39, 0.29) is 37.5 Å². The Morgan fingerprint density at radius 3 is 0.957 bits per heavy atom. The lowest BCUT2D eigenvalue weighted by Gasteiger charge is -2.18. The number of carbonyl (C=O) groups is 3. The van der Waals surface area contributed by atoms with Crippen LogP contribution in [0.2, 0.25) is 0 Å². The minimum atomic E-state index is -0.816. The van der Waals surface area contributed by atoms with E-state index in [1.165, 1.54) is 128 Å². The van der Waals surface area contributed by atoms with E-state index in [9.17, 15) is 14.4 Å². The predicted molar refractivity (Wildman–Crippen MR) is 297 cm³/mol. The Hall–Kier alpha value is -3.67. The van der Waals surface area contributed by atoms with Crippen LogP contribution in [0.4, 0.5) is 0 Å². The van der Waals surface area contributed by atoms with E-state index in [1.54, 1.807) is 0 Å². The molecule has 0 heterocycles. The first-order valence-corrected chi connectivity index (χ1v) is 28.7. The Kier molecular flexibility index (Phi) is 53.9. The lowest BCUT2D eigenvalue weighted by atomic mass is 10.0. The smallest absolute Gasteiger partial charge is 0.306 e. The Morgan fingerprint density at radius 2 is 0.565 bits per heavy atom. The third-order valence-electron chi connectivity index (χ3n) is 12.0. The SMILES string of the molecule is CC/C=C\C/C=C\C/C=C\C/C=C\CCCCC(=O)OC[C@H](COC(=O)CCCCCCCCCCCCC/C=C\CCCCCCCC)OC(=O)CCCC/C=C\C/C=C\C/C=C\CCCCC. The highest BCUT2D eigenvalue weighted by Crippen LogP contribution is 2.15. The second-order valence-corrected chi connectivity index (χ2v) is 18.8. The van der Waals surface area contributed by atoms with Crippen molar-refractivity contribution < 1.29 is 28.6 Å². The average Bonchev–Trinajstić information content (AvgIpc) is 3.35. The van der Waals surface area contributed by atoms with Crippen molar-refractivity contribution in [3.63, 3.8) is 0 Å². The van der Waals surface area contributed by atoms with Gasteiger partial charge in [0.25, 0.3) is 0 Å². The zero-order chi connectivity index (χ0) is 50.0. The van der Waals surface area contributed by atoms with Gasteiger partial charge in [0.15, 0.2) is 6.10 Å². The number of hydrogen-bond donors (Lipinski definition) is 0. The van der Waals surface area contributed by atoms with Gasteiger partial charge in [0, 0.05) is 19.3 Å². The first-order chi connectivity index (χ1) is 34.0. The quantitative estimate of drug-likeness (QED) is 0.0262. The summed E-state index contributed by atoms with van der Waals surface area (Å²) >= 11 is 0. The molecular formula is C63H106O6. The molecule has 0 bridgehead atoms. The fourth-order valence-corrected chi connectivity index (χ4v) is 7.73. The summed E-state index contributed by atoms with van der Waals surface area (Å²) in [5.74, 6) is -0.987. The first-order valence-electron chi connectivity index (χ1n) is 28.7. The van der Waals surface area contributed by atoms with E-state index in [1.807, 2.05) is 0 Å². The van der Waals surface area contributed by atoms with E-state index in [4.69, 9.17) is 14.2 Å². The number of esters is 3. The summed E-state index contributed by atoms with van der Waals surface area (Å²) in [5.41, 5.74) is 0. The topological polar surface area (TPSA) is 78.9 Å². The zero-order valence-electron chi connectivity index (χ0n) is 45.0. The molecule has 0 saturated carbocycles. The second-order valence-electron chi connectivity index (χ2n) is 18.8. The molecule has 0 radical (unpaired) electrons. The number of ether oxygens (including phenoxy) is 3. The van der Waals surface area contributed by atoms with Crippen LogP contribution in [0.15, 0.2) is 97.2 Å². The first kappa shape index (κ1) is 65.3. The molecule has 0 N–H and O–H groups in total. The lowest BCUT2D eigenvalue weighted by Crippen LogP contribution is -2.30. The molecule has 0 unspecified atom stereocenters. The molecule has 6 heteroatoms. The zero-order valence-corrected chi connectivity index (χ0v) is 45.0. The van der Waals surface area contributed by atoms with Crippen LogP contribution in [0.1, 0.15) is 265 Å². The van der Waals surface area contributed by atoms with Crippen LogP contribution in [-0.4, -0.2) is 37.2 Å². The van der Waals surface area contributed by atoms with Gasteiger partial charge in [-0.3, -0.25) is 14.4 Å². The maximum Gasteiger partial charge on any atom is 0.306 e. The van der Waals surface area contributed by atoms with Gasteiger partial charge in [0.2, 0.25) is 0 Å². The minimum absolute atomic E-state index is 0.107. The summed E-state index contributed by atoms with van der Waals surface area (Å²) in [4.78, 5) is 38.1. The van der Waals surface area contributed by atoms with Crippen LogP contribution in [0, 0.1) is 0 Å². The third kappa shape index (κ3) is 55.1. The Morgan fingerprint density at radius 1 is 0.304 bits per heavy atom. The van der Waals surface area contributed by atoms with Crippen LogP contribution in [0.5, 0.6) is 0 Å². The monoisotopic (exact) mass is 959 g/mol. The minimum Gasteiger partial charge on any atom is -0.462 e. The highest BCUT2D eigenvalue weighted by Gasteiger charge is 2.19. The fourth-order valence-electron chi connectivity index (χ4n) is 7.73. The number of carbonyl (C=O) groups excluding carboxylic acids is 3. The molecular weight excluding hydrogens is 853 g/mol. The maximum atomic E-state index is 12.8. The molecule has 0 spiro atoms. The summed E-state index contributed by atoms with van der Waals surface area (Å²) in [7, 11) is 0. The molecule has 0 saturated heterocycles. The summed E-state index contributed by atoms with van der Waals surface area (Å²) < 4.78 is 16.8. The van der Waals surface area contributed by atoms with Gasteiger partial charge in [-0.05, 0) is 122 Å². The predicted octanol–water partition coefficient (Wildman–Crippen LogP) is 19.3. The Labute approximate surface area is 426 Å². The van der Waals surface area contributed by atoms with Crippen molar-refractivity contribution in [3.8, 4) is 0 Å². The molecule has 0 aliphatic rings. The lowest BCUT2D eigenvalue weighted by molar-refractivity contribution is -0.167. The Bertz CT molecular complexity index is 1380. The Balaban J connectivity index is 4.44. The maximum absolute atomic E-state index is 12.8. The van der Waals surface area contributed by atoms with Gasteiger partial charge < -0.3 is 14.2 Å². The number of allylic oxidation sites excluding steroid dienone is 16. The number of hydrogen-bond acceptors (Lipinski definition) is 6. The molecule has 0 aromatic rings. The van der Waals surface area contributed by atoms with Crippen molar-refractivity contribution in [2.24, 2.45) is 0 Å². The van der Waals surface area contributed by atoms with Crippen LogP contribution < -0.4 is 0 Å². The molecule has 0 amide bonds. The van der Waals surface area contributed by atoms with Crippen LogP contribution in [0.3, 0.4) is 0 Å². The number of unbranched alkanes of at least 4 members (excludes halogenated alkanes) is 24. The van der Waals surface area contributed by atoms with Gasteiger partial charge >= 0.3 is 17.9 Å². The van der Waals surface area contributed by atoms with Crippen LogP contribution in [0.25, 0.3) is 0 Å². The van der Waals surface area contributed by atoms with E-state index < -0.39 is 6.10 Å². The van der Waals surface area contributed by atoms with E-state index in [0.29, 0.717) is 25.7 Å². The van der Waals surface area contributed by atoms with Crippen molar-refractivity contribution in [1.82, 2.24) is 0 Å². The van der Waals surface area contributed by atoms with E-state index >= 15 is 0 Å². The van der Waals surface area contributed by atoms with Crippen molar-refractivity contribution >= 4 is 17.9 Å². The van der Waals surface area contributed by atoms with Gasteiger partial charge in [0.1, 0.15) is 13.2 Å². The number of rotatable bonds is 51. The van der Waals surface area contributed by atoms with Gasteiger partial charge in [-0.15, -0.1) is 0 Å². The van der Waals surface area contributed by atoms with Crippen molar-refractivity contribution in [2.75, 3.05) is 13.2 Å². The molecule has 1 atom stereocenters. The molecule has 0 aliphatic heterocycles. The molecule has 0 rings (SSSR count). The van der Waals surface area contributed by atoms with Crippen LogP contribution in [-0.2, 0) is 28.6 Å². The molecule has 0 aromatic heterocycles. The van der Waals surface area contributed by atoms with Gasteiger partial charge in [0.05, 0.1) is 0 Å². The normalized spacial score (nSPS) is 12.8. The molecule has 0 aliphatic carbocycles. The molecule has 394 valence electrons. The average molecular weight is 960 g/mol. The second kappa shape index (κ2) is 56.9. The molecule has 69 heavy (non-hydrogen) atoms. The molecule has 0 fully saturated rings. The molecule has 0 aromatic carbocycles. The van der Waals surface area contributed by atoms with Gasteiger partial charge in [-0.2, -0.15) is 0 Å². The van der Waals surface area contributed by atoms with Crippen molar-refractivity contribution in [2.45, 2.75) is 271 Å². The van der Waals surface area contributed by atoms with Crippen molar-refractivity contribution in [3.05, 3.63) is 97.2 Å². The van der Waals surface area contributed by atoms with E-state index in [0.717, 1.165) is 83.5 Å². The standard InChI is InChI=1S/C63H106O6/c1-4-7-10-13-16-19-22-25-28-29-30-31-32-33-36-38-41-44-47-50-53-56-62(65)68-59-60(69-63(66)57-54-51-48-45-42-39-35-27-24-21-18-15-12-9-6-3)58-67-61(64)55-52-49-46-43-40-37-34-26-23-20-17-14-11-8-5-2/h8,11,17-18,20-21,25-28,34-35,40,42-43,45,60H,4-7,9-10,12-16,19,22-24,29-33,36-39,41,44,46-59H2,1-3H3/b11-8-,20-17-,21-18-,28-25-,34-26-,35-27-,43-40-,45-42-/t60-/m1/s1. The fraction of sp³-hybridized carbons (Fsp3) is 0.698. The highest BCUT2D eigenvalue weighted by atomic mass is 16.6. The van der Waals surface area contributed by atoms with Crippen LogP contribution >= 0.6 is 0 Å². The van der Waals surface area contributed by atoms with Gasteiger partial charge in [-0.1, -0.05) is 221 Å². The van der Waals surface area contributed by atoms with Gasteiger partial charge in [-0.25, -0.2) is 0 Å². The summed E-state index contributed by atoms with van der Waals surface area (Å²) in [6.45, 7) is 6.43. The highest BCUT2D eigenvalue weighted by molar-refractivity contribution is 5.71. The van der Waals surface area contributed by atoms with E-state index in [2.05, 4.69) is 118 Å². The summed E-state index contributed by atoms with van der Waals surface area (Å²) in [6.07, 6.45) is 75.5. The third-order valence-corrected chi connectivity index (χ3v) is 12.0. The summed E-state index contributed by atoms with van der Waals surface area (Å²) in [6, 6.07) is 0. The summed E-state index contributed by atoms with van der Waals surface area (Å²) in [5, 5.41) is 0. The molecule has 6 nitrogen and oxygen atoms in total.